The van der Waals surface area contributed by atoms with Gasteiger partial charge in [0, 0.05) is 23.0 Å². The van der Waals surface area contributed by atoms with Crippen LogP contribution in [0.2, 0.25) is 10.0 Å². The molecule has 0 radical (unpaired) electrons. The van der Waals surface area contributed by atoms with Crippen LogP contribution in [-0.4, -0.2) is 28.1 Å². The van der Waals surface area contributed by atoms with E-state index in [4.69, 9.17) is 32.5 Å². The molecule has 0 amide bonds. The van der Waals surface area contributed by atoms with Crippen molar-refractivity contribution in [3.63, 3.8) is 0 Å². The van der Waals surface area contributed by atoms with E-state index in [0.29, 0.717) is 22.8 Å². The minimum atomic E-state index is -0.711. The zero-order valence-electron chi connectivity index (χ0n) is 14.9. The molecule has 0 aliphatic rings. The highest BCUT2D eigenvalue weighted by Gasteiger charge is 2.21. The highest BCUT2D eigenvalue weighted by molar-refractivity contribution is 6.43. The Bertz CT molecular complexity index is 1040. The Balaban J connectivity index is 1.77. The van der Waals surface area contributed by atoms with Crippen molar-refractivity contribution < 1.29 is 18.8 Å². The molecule has 140 valence electrons. The van der Waals surface area contributed by atoms with Crippen LogP contribution in [0.3, 0.4) is 0 Å². The molecule has 2 aromatic heterocycles. The van der Waals surface area contributed by atoms with Crippen LogP contribution in [0, 0.1) is 20.8 Å². The number of nitrogens with zero attached hydrogens (tertiary/aromatic N) is 2. The van der Waals surface area contributed by atoms with E-state index in [1.54, 1.807) is 42.7 Å². The van der Waals surface area contributed by atoms with Gasteiger partial charge < -0.3 is 9.26 Å². The summed E-state index contributed by atoms with van der Waals surface area (Å²) >= 11 is 11.9. The zero-order valence-corrected chi connectivity index (χ0v) is 16.4. The number of Topliss-reactive ketones (excluding diaryl/α,β-unsaturated/α-hetero) is 1. The Morgan fingerprint density at radius 3 is 2.56 bits per heavy atom. The molecule has 0 saturated heterocycles. The summed E-state index contributed by atoms with van der Waals surface area (Å²) in [5, 5.41) is 4.31. The Kier molecular flexibility index (Phi) is 5.39. The number of hydrogen-bond acceptors (Lipinski definition) is 5. The maximum Gasteiger partial charge on any atom is 0.340 e. The Morgan fingerprint density at radius 1 is 1.15 bits per heavy atom. The number of aryl methyl sites for hydroxylation is 2. The SMILES string of the molecule is Cc1cc(-n2c(C)cc(C(=O)COC(=O)c3cccc(Cl)c3Cl)c2C)no1. The lowest BCUT2D eigenvalue weighted by molar-refractivity contribution is 0.0474. The number of carbonyl (C=O) groups is 2. The molecule has 0 atom stereocenters. The number of ether oxygens (including phenoxy) is 1. The number of rotatable bonds is 5. The summed E-state index contributed by atoms with van der Waals surface area (Å²) < 4.78 is 12.0. The lowest BCUT2D eigenvalue weighted by Gasteiger charge is -2.07. The summed E-state index contributed by atoms with van der Waals surface area (Å²) in [7, 11) is 0. The van der Waals surface area contributed by atoms with Crippen molar-refractivity contribution in [2.45, 2.75) is 20.8 Å². The minimum absolute atomic E-state index is 0.0937. The van der Waals surface area contributed by atoms with E-state index < -0.39 is 12.6 Å². The molecule has 0 saturated carbocycles. The fourth-order valence-corrected chi connectivity index (χ4v) is 3.18. The van der Waals surface area contributed by atoms with Crippen LogP contribution in [-0.2, 0) is 4.74 Å². The van der Waals surface area contributed by atoms with Crippen LogP contribution >= 0.6 is 23.2 Å². The van der Waals surface area contributed by atoms with E-state index in [-0.39, 0.29) is 21.4 Å². The summed E-state index contributed by atoms with van der Waals surface area (Å²) in [6.07, 6.45) is 0. The van der Waals surface area contributed by atoms with Crippen LogP contribution < -0.4 is 0 Å². The first-order valence-corrected chi connectivity index (χ1v) is 8.82. The first-order valence-electron chi connectivity index (χ1n) is 8.06. The first-order chi connectivity index (χ1) is 12.8. The fraction of sp³-hybridized carbons (Fsp3) is 0.211. The Hall–Kier alpha value is -2.57. The average molecular weight is 407 g/mol. The molecule has 3 aromatic rings. The third-order valence-electron chi connectivity index (χ3n) is 4.08. The number of esters is 1. The molecule has 0 aliphatic carbocycles. The number of ketones is 1. The molecular formula is C19H16Cl2N2O4. The number of aromatic nitrogens is 2. The Labute approximate surface area is 165 Å². The third kappa shape index (κ3) is 3.77. The third-order valence-corrected chi connectivity index (χ3v) is 4.90. The predicted molar refractivity (Wildman–Crippen MR) is 101 cm³/mol. The van der Waals surface area contributed by atoms with Gasteiger partial charge in [0.1, 0.15) is 5.76 Å². The van der Waals surface area contributed by atoms with Crippen molar-refractivity contribution in [2.75, 3.05) is 6.61 Å². The summed E-state index contributed by atoms with van der Waals surface area (Å²) in [4.78, 5) is 24.8. The maximum absolute atomic E-state index is 12.6. The molecule has 3 rings (SSSR count). The monoisotopic (exact) mass is 406 g/mol. The van der Waals surface area contributed by atoms with E-state index in [0.717, 1.165) is 5.69 Å². The molecular weight excluding hydrogens is 391 g/mol. The van der Waals surface area contributed by atoms with Crippen molar-refractivity contribution in [3.8, 4) is 5.82 Å². The molecule has 0 unspecified atom stereocenters. The highest BCUT2D eigenvalue weighted by Crippen LogP contribution is 2.26. The van der Waals surface area contributed by atoms with E-state index in [1.165, 1.54) is 6.07 Å². The second kappa shape index (κ2) is 7.58. The minimum Gasteiger partial charge on any atom is -0.454 e. The van der Waals surface area contributed by atoms with Crippen LogP contribution in [0.1, 0.15) is 37.9 Å². The van der Waals surface area contributed by atoms with Crippen molar-refractivity contribution in [3.05, 3.63) is 68.7 Å². The van der Waals surface area contributed by atoms with E-state index in [9.17, 15) is 9.59 Å². The quantitative estimate of drug-likeness (QED) is 0.451. The normalized spacial score (nSPS) is 10.9. The van der Waals surface area contributed by atoms with Gasteiger partial charge in [0.2, 0.25) is 5.78 Å². The van der Waals surface area contributed by atoms with Crippen molar-refractivity contribution in [1.29, 1.82) is 0 Å². The molecule has 6 nitrogen and oxygen atoms in total. The van der Waals surface area contributed by atoms with Crippen LogP contribution in [0.4, 0.5) is 0 Å². The molecule has 27 heavy (non-hydrogen) atoms. The molecule has 8 heteroatoms. The summed E-state index contributed by atoms with van der Waals surface area (Å²) in [6, 6.07) is 8.13. The fourth-order valence-electron chi connectivity index (χ4n) is 2.80. The van der Waals surface area contributed by atoms with Gasteiger partial charge in [-0.2, -0.15) is 0 Å². The van der Waals surface area contributed by atoms with E-state index in [2.05, 4.69) is 5.16 Å². The molecule has 0 aliphatic heterocycles. The van der Waals surface area contributed by atoms with Crippen LogP contribution in [0.5, 0.6) is 0 Å². The largest absolute Gasteiger partial charge is 0.454 e. The standard InChI is InChI=1S/C19H16Cl2N2O4/c1-10-7-14(12(3)23(10)17-8-11(2)27-22-17)16(24)9-26-19(25)13-5-4-6-15(20)18(13)21/h4-8H,9H2,1-3H3. The maximum atomic E-state index is 12.6. The molecule has 0 N–H and O–H groups in total. The topological polar surface area (TPSA) is 74.3 Å². The van der Waals surface area contributed by atoms with Crippen molar-refractivity contribution >= 4 is 35.0 Å². The molecule has 0 bridgehead atoms. The second-order valence-corrected chi connectivity index (χ2v) is 6.80. The van der Waals surface area contributed by atoms with Gasteiger partial charge in [0.15, 0.2) is 12.4 Å². The van der Waals surface area contributed by atoms with Crippen molar-refractivity contribution in [1.82, 2.24) is 9.72 Å². The smallest absolute Gasteiger partial charge is 0.340 e. The lowest BCUT2D eigenvalue weighted by Crippen LogP contribution is -2.15. The average Bonchev–Trinajstić information content (AvgIpc) is 3.17. The first kappa shape index (κ1) is 19.2. The molecule has 1 aromatic carbocycles. The van der Waals surface area contributed by atoms with Gasteiger partial charge in [-0.15, -0.1) is 0 Å². The summed E-state index contributed by atoms with van der Waals surface area (Å²) in [6.45, 7) is 5.02. The van der Waals surface area contributed by atoms with Gasteiger partial charge in [-0.3, -0.25) is 9.36 Å². The number of hydrogen-bond donors (Lipinski definition) is 0. The van der Waals surface area contributed by atoms with E-state index in [1.807, 2.05) is 6.92 Å². The van der Waals surface area contributed by atoms with Gasteiger partial charge in [0.25, 0.3) is 0 Å². The summed E-state index contributed by atoms with van der Waals surface area (Å²) in [5.74, 6) is 0.208. The molecule has 2 heterocycles. The molecule has 0 fully saturated rings. The second-order valence-electron chi connectivity index (χ2n) is 6.02. The molecule has 0 spiro atoms. The van der Waals surface area contributed by atoms with Gasteiger partial charge in [-0.05, 0) is 39.0 Å². The number of carbonyl (C=O) groups excluding carboxylic acids is 2. The Morgan fingerprint density at radius 2 is 1.89 bits per heavy atom. The van der Waals surface area contributed by atoms with Gasteiger partial charge in [-0.25, -0.2) is 4.79 Å². The van der Waals surface area contributed by atoms with Crippen molar-refractivity contribution in [2.24, 2.45) is 0 Å². The highest BCUT2D eigenvalue weighted by atomic mass is 35.5. The van der Waals surface area contributed by atoms with Crippen LogP contribution in [0.15, 0.2) is 34.9 Å². The predicted octanol–water partition coefficient (Wildman–Crippen LogP) is 4.74. The van der Waals surface area contributed by atoms with Gasteiger partial charge >= 0.3 is 5.97 Å². The van der Waals surface area contributed by atoms with Crippen LogP contribution in [0.25, 0.3) is 5.82 Å². The van der Waals surface area contributed by atoms with E-state index >= 15 is 0 Å². The number of benzene rings is 1. The summed E-state index contributed by atoms with van der Waals surface area (Å²) in [5.41, 5.74) is 2.05. The van der Waals surface area contributed by atoms with Gasteiger partial charge in [0.05, 0.1) is 15.6 Å². The zero-order chi connectivity index (χ0) is 19.7. The lowest BCUT2D eigenvalue weighted by atomic mass is 10.1. The number of halogens is 2. The van der Waals surface area contributed by atoms with Gasteiger partial charge in [-0.1, -0.05) is 34.4 Å².